The Bertz CT molecular complexity index is 605. The van der Waals surface area contributed by atoms with E-state index in [0.29, 0.717) is 24.2 Å². The Morgan fingerprint density at radius 3 is 2.42 bits per heavy atom. The summed E-state index contributed by atoms with van der Waals surface area (Å²) in [6.07, 6.45) is 5.56. The molecule has 0 aromatic carbocycles. The van der Waals surface area contributed by atoms with E-state index < -0.39 is 17.1 Å². The van der Waals surface area contributed by atoms with Crippen LogP contribution in [-0.4, -0.2) is 38.9 Å². The van der Waals surface area contributed by atoms with Crippen LogP contribution in [0, 0.1) is 40.4 Å². The summed E-state index contributed by atoms with van der Waals surface area (Å²) in [5.74, 6) is 1.19. The van der Waals surface area contributed by atoms with Gasteiger partial charge in [-0.1, -0.05) is 20.8 Å². The van der Waals surface area contributed by atoms with E-state index in [1.54, 1.807) is 0 Å². The van der Waals surface area contributed by atoms with Crippen molar-refractivity contribution in [1.29, 1.82) is 0 Å². The van der Waals surface area contributed by atoms with Crippen LogP contribution in [0.4, 0.5) is 0 Å². The average Bonchev–Trinajstić information content (AvgIpc) is 2.76. The van der Waals surface area contributed by atoms with Gasteiger partial charge in [0.25, 0.3) is 0 Å². The number of Topliss-reactive ketones (excluding diaryl/α,β-unsaturated/α-hetero) is 1. The third-order valence-corrected chi connectivity index (χ3v) is 9.69. The first-order chi connectivity index (χ1) is 12.1. The maximum Gasteiger partial charge on any atom is 0.162 e. The molecule has 0 radical (unpaired) electrons. The minimum atomic E-state index is -1.32. The van der Waals surface area contributed by atoms with Crippen molar-refractivity contribution < 1.29 is 20.1 Å². The molecule has 0 amide bonds. The third-order valence-electron chi connectivity index (χ3n) is 9.69. The first kappa shape index (κ1) is 18.9. The van der Waals surface area contributed by atoms with Crippen molar-refractivity contribution in [3.63, 3.8) is 0 Å². The van der Waals surface area contributed by atoms with Crippen molar-refractivity contribution >= 4 is 5.78 Å². The molecule has 4 saturated carbocycles. The molecule has 10 atom stereocenters. The van der Waals surface area contributed by atoms with E-state index >= 15 is 0 Å². The van der Waals surface area contributed by atoms with Gasteiger partial charge in [-0.15, -0.1) is 0 Å². The third kappa shape index (κ3) is 2.15. The number of carbonyl (C=O) groups is 1. The molecule has 4 heteroatoms. The summed E-state index contributed by atoms with van der Waals surface area (Å²) in [6, 6.07) is 0. The molecule has 4 nitrogen and oxygen atoms in total. The van der Waals surface area contributed by atoms with Crippen molar-refractivity contribution in [2.75, 3.05) is 0 Å². The molecule has 4 fully saturated rings. The summed E-state index contributed by atoms with van der Waals surface area (Å²) in [4.78, 5) is 12.5. The van der Waals surface area contributed by atoms with Gasteiger partial charge in [0.1, 0.15) is 5.60 Å². The Hall–Kier alpha value is -0.450. The molecule has 0 bridgehead atoms. The Labute approximate surface area is 157 Å². The zero-order valence-corrected chi connectivity index (χ0v) is 16.7. The van der Waals surface area contributed by atoms with Gasteiger partial charge in [-0.2, -0.15) is 0 Å². The highest BCUT2D eigenvalue weighted by molar-refractivity contribution is 5.86. The van der Waals surface area contributed by atoms with Gasteiger partial charge in [0.2, 0.25) is 0 Å². The van der Waals surface area contributed by atoms with Crippen LogP contribution >= 0.6 is 0 Å². The summed E-state index contributed by atoms with van der Waals surface area (Å²) in [5.41, 5.74) is -1.77. The van der Waals surface area contributed by atoms with E-state index in [1.807, 2.05) is 6.92 Å². The van der Waals surface area contributed by atoms with E-state index in [-0.39, 0.29) is 29.1 Å². The molecule has 4 aliphatic carbocycles. The maximum absolute atomic E-state index is 12.5. The fraction of sp³-hybridized carbons (Fsp3) is 0.955. The minimum Gasteiger partial charge on any atom is -0.393 e. The monoisotopic (exact) mass is 364 g/mol. The normalized spacial score (nSPS) is 59.3. The Kier molecular flexibility index (Phi) is 4.20. The predicted molar refractivity (Wildman–Crippen MR) is 99.3 cm³/mol. The second-order valence-corrected chi connectivity index (χ2v) is 10.7. The quantitative estimate of drug-likeness (QED) is 0.668. The molecular formula is C22H36O4. The van der Waals surface area contributed by atoms with E-state index in [2.05, 4.69) is 13.8 Å². The maximum atomic E-state index is 12.5. The van der Waals surface area contributed by atoms with Gasteiger partial charge in [-0.05, 0) is 86.9 Å². The van der Waals surface area contributed by atoms with Crippen LogP contribution in [0.1, 0.15) is 72.6 Å². The lowest BCUT2D eigenvalue weighted by Gasteiger charge is -2.62. The number of carbonyl (C=O) groups excluding carboxylic acids is 1. The Balaban J connectivity index is 1.73. The highest BCUT2D eigenvalue weighted by Gasteiger charge is 2.70. The topological polar surface area (TPSA) is 77.8 Å². The summed E-state index contributed by atoms with van der Waals surface area (Å²) < 4.78 is 0. The summed E-state index contributed by atoms with van der Waals surface area (Å²) in [6.45, 7) is 7.92. The molecule has 0 aromatic rings. The summed E-state index contributed by atoms with van der Waals surface area (Å²) in [7, 11) is 0. The number of fused-ring (bicyclic) bond motifs is 5. The molecule has 0 aromatic heterocycles. The lowest BCUT2D eigenvalue weighted by Crippen LogP contribution is -2.63. The Morgan fingerprint density at radius 2 is 1.77 bits per heavy atom. The zero-order chi connectivity index (χ0) is 19.1. The van der Waals surface area contributed by atoms with E-state index in [9.17, 15) is 20.1 Å². The minimum absolute atomic E-state index is 0.0559. The molecule has 0 aliphatic heterocycles. The second kappa shape index (κ2) is 5.78. The highest BCUT2D eigenvalue weighted by Crippen LogP contribution is 2.69. The second-order valence-electron chi connectivity index (χ2n) is 10.7. The van der Waals surface area contributed by atoms with Gasteiger partial charge in [-0.25, -0.2) is 0 Å². The zero-order valence-electron chi connectivity index (χ0n) is 16.7. The summed E-state index contributed by atoms with van der Waals surface area (Å²) in [5, 5.41) is 32.9. The number of rotatable bonds is 1. The van der Waals surface area contributed by atoms with Gasteiger partial charge >= 0.3 is 0 Å². The van der Waals surface area contributed by atoms with Crippen LogP contribution in [0.25, 0.3) is 0 Å². The smallest absolute Gasteiger partial charge is 0.162 e. The molecule has 26 heavy (non-hydrogen) atoms. The average molecular weight is 365 g/mol. The number of ketones is 1. The van der Waals surface area contributed by atoms with Gasteiger partial charge < -0.3 is 15.3 Å². The van der Waals surface area contributed by atoms with Crippen LogP contribution in [0.15, 0.2) is 0 Å². The van der Waals surface area contributed by atoms with Crippen LogP contribution < -0.4 is 0 Å². The van der Waals surface area contributed by atoms with Crippen molar-refractivity contribution in [3.8, 4) is 0 Å². The summed E-state index contributed by atoms with van der Waals surface area (Å²) >= 11 is 0. The van der Waals surface area contributed by atoms with Gasteiger partial charge in [0.15, 0.2) is 5.78 Å². The predicted octanol–water partition coefficient (Wildman–Crippen LogP) is 2.93. The van der Waals surface area contributed by atoms with Gasteiger partial charge in [0.05, 0.1) is 12.2 Å². The number of hydrogen-bond donors (Lipinski definition) is 3. The lowest BCUT2D eigenvalue weighted by atomic mass is 9.43. The molecule has 4 rings (SSSR count). The first-order valence-corrected chi connectivity index (χ1v) is 10.6. The van der Waals surface area contributed by atoms with Crippen molar-refractivity contribution in [2.24, 2.45) is 40.4 Å². The standard InChI is InChI=1S/C22H36O4/c1-12-9-17-16-6-5-14-10-15(24)7-8-20(14,3)19(16)18(25)11-21(17,4)22(12,26)13(2)23/h12,14-19,24-26H,5-11H2,1-4H3/t12-,14-,15-,16+,17+,18-,19-,20+,21+,22+/m1/s1. The van der Waals surface area contributed by atoms with Gasteiger partial charge in [-0.3, -0.25) is 4.79 Å². The molecule has 148 valence electrons. The van der Waals surface area contributed by atoms with Crippen LogP contribution in [0.3, 0.4) is 0 Å². The SMILES string of the molecule is CC(=O)[C@@]1(O)[C@H](C)C[C@H]2[C@@H]3CC[C@@H]4C[C@H](O)CC[C@]4(C)[C@H]3[C@H](O)C[C@@]21C. The van der Waals surface area contributed by atoms with E-state index in [4.69, 9.17) is 0 Å². The van der Waals surface area contributed by atoms with Crippen molar-refractivity contribution in [2.45, 2.75) is 90.4 Å². The van der Waals surface area contributed by atoms with Crippen molar-refractivity contribution in [3.05, 3.63) is 0 Å². The molecule has 0 heterocycles. The lowest BCUT2D eigenvalue weighted by molar-refractivity contribution is -0.203. The van der Waals surface area contributed by atoms with E-state index in [0.717, 1.165) is 38.5 Å². The molecule has 0 spiro atoms. The van der Waals surface area contributed by atoms with Crippen LogP contribution in [0.2, 0.25) is 0 Å². The van der Waals surface area contributed by atoms with Crippen molar-refractivity contribution in [1.82, 2.24) is 0 Å². The fourth-order valence-electron chi connectivity index (χ4n) is 8.44. The molecule has 3 N–H and O–H groups in total. The number of aliphatic hydroxyl groups is 3. The molecule has 0 saturated heterocycles. The Morgan fingerprint density at radius 1 is 1.08 bits per heavy atom. The largest absolute Gasteiger partial charge is 0.393 e. The number of aliphatic hydroxyl groups excluding tert-OH is 2. The fourth-order valence-corrected chi connectivity index (χ4v) is 8.44. The van der Waals surface area contributed by atoms with E-state index in [1.165, 1.54) is 6.92 Å². The van der Waals surface area contributed by atoms with Crippen LogP contribution in [0.5, 0.6) is 0 Å². The number of hydrogen-bond acceptors (Lipinski definition) is 4. The molecular weight excluding hydrogens is 328 g/mol. The molecule has 0 unspecified atom stereocenters. The molecule has 4 aliphatic rings. The van der Waals surface area contributed by atoms with Gasteiger partial charge in [0, 0.05) is 5.41 Å². The van der Waals surface area contributed by atoms with Crippen LogP contribution in [-0.2, 0) is 4.79 Å². The highest BCUT2D eigenvalue weighted by atomic mass is 16.3. The first-order valence-electron chi connectivity index (χ1n) is 10.6.